The van der Waals surface area contributed by atoms with E-state index in [2.05, 4.69) is 39.5 Å². The Hall–Kier alpha value is -2.03. The molecule has 2 saturated heterocycles. The molecule has 1 aromatic carbocycles. The minimum atomic E-state index is 0.407. The maximum atomic E-state index is 5.41. The number of guanidine groups is 1. The Kier molecular flexibility index (Phi) is 9.71. The van der Waals surface area contributed by atoms with E-state index < -0.39 is 0 Å². The first-order valence-electron chi connectivity index (χ1n) is 11.5. The van der Waals surface area contributed by atoms with E-state index in [0.29, 0.717) is 6.04 Å². The van der Waals surface area contributed by atoms with Gasteiger partial charge in [0, 0.05) is 64.5 Å². The quantitative estimate of drug-likeness (QED) is 0.330. The van der Waals surface area contributed by atoms with Crippen molar-refractivity contribution in [2.45, 2.75) is 32.4 Å². The summed E-state index contributed by atoms with van der Waals surface area (Å²) in [5.74, 6) is 2.60. The van der Waals surface area contributed by atoms with Gasteiger partial charge in [0.05, 0.1) is 27.4 Å². The summed E-state index contributed by atoms with van der Waals surface area (Å²) < 4.78 is 16.2. The van der Waals surface area contributed by atoms with E-state index in [0.717, 1.165) is 95.9 Å². The molecule has 0 spiro atoms. The summed E-state index contributed by atoms with van der Waals surface area (Å²) in [6, 6.07) is 6.49. The fourth-order valence-electron chi connectivity index (χ4n) is 4.13. The Morgan fingerprint density at radius 3 is 2.52 bits per heavy atom. The van der Waals surface area contributed by atoms with Crippen LogP contribution in [0.5, 0.6) is 11.5 Å². The van der Waals surface area contributed by atoms with Crippen LogP contribution in [0.25, 0.3) is 0 Å². The van der Waals surface area contributed by atoms with Gasteiger partial charge in [-0.2, -0.15) is 0 Å². The van der Waals surface area contributed by atoms with Gasteiger partial charge in [-0.3, -0.25) is 14.8 Å². The monoisotopic (exact) mass is 433 g/mol. The molecule has 0 bridgehead atoms. The third-order valence-electron chi connectivity index (χ3n) is 5.78. The molecule has 8 heteroatoms. The van der Waals surface area contributed by atoms with Crippen LogP contribution in [0, 0.1) is 0 Å². The van der Waals surface area contributed by atoms with E-state index in [1.54, 1.807) is 14.2 Å². The van der Waals surface area contributed by atoms with Gasteiger partial charge in [0.15, 0.2) is 5.96 Å². The molecule has 0 radical (unpaired) electrons. The number of methoxy groups -OCH3 is 2. The van der Waals surface area contributed by atoms with Gasteiger partial charge in [-0.25, -0.2) is 0 Å². The summed E-state index contributed by atoms with van der Waals surface area (Å²) in [6.07, 6.45) is 2.18. The number of aliphatic imine (C=N–C) groups is 1. The molecule has 174 valence electrons. The number of hydrogen-bond acceptors (Lipinski definition) is 6. The van der Waals surface area contributed by atoms with Crippen molar-refractivity contribution in [1.82, 2.24) is 20.4 Å². The molecule has 0 aliphatic carbocycles. The second-order valence-electron chi connectivity index (χ2n) is 8.15. The van der Waals surface area contributed by atoms with Gasteiger partial charge in [0.2, 0.25) is 0 Å². The molecule has 1 atom stereocenters. The van der Waals surface area contributed by atoms with Crippen molar-refractivity contribution in [3.63, 3.8) is 0 Å². The highest BCUT2D eigenvalue weighted by molar-refractivity contribution is 5.80. The van der Waals surface area contributed by atoms with Gasteiger partial charge in [-0.1, -0.05) is 0 Å². The summed E-state index contributed by atoms with van der Waals surface area (Å²) in [6.45, 7) is 11.7. The van der Waals surface area contributed by atoms with Crippen molar-refractivity contribution in [2.75, 3.05) is 73.2 Å². The van der Waals surface area contributed by atoms with E-state index in [1.165, 1.54) is 5.56 Å². The molecule has 2 N–H and O–H groups in total. The maximum Gasteiger partial charge on any atom is 0.191 e. The molecule has 2 aliphatic heterocycles. The van der Waals surface area contributed by atoms with Crippen LogP contribution >= 0.6 is 0 Å². The molecule has 8 nitrogen and oxygen atoms in total. The van der Waals surface area contributed by atoms with E-state index in [-0.39, 0.29) is 0 Å². The predicted molar refractivity (Wildman–Crippen MR) is 124 cm³/mol. The lowest BCUT2D eigenvalue weighted by atomic mass is 10.2. The highest BCUT2D eigenvalue weighted by Gasteiger charge is 2.23. The smallest absolute Gasteiger partial charge is 0.191 e. The first kappa shape index (κ1) is 23.6. The fourth-order valence-corrected chi connectivity index (χ4v) is 4.13. The van der Waals surface area contributed by atoms with Crippen LogP contribution in [0.1, 0.15) is 25.3 Å². The summed E-state index contributed by atoms with van der Waals surface area (Å²) in [4.78, 5) is 9.73. The zero-order chi connectivity index (χ0) is 21.9. The van der Waals surface area contributed by atoms with Gasteiger partial charge in [-0.15, -0.1) is 0 Å². The first-order valence-corrected chi connectivity index (χ1v) is 11.5. The topological polar surface area (TPSA) is 70.6 Å². The van der Waals surface area contributed by atoms with Gasteiger partial charge >= 0.3 is 0 Å². The number of hydrogen-bond donors (Lipinski definition) is 2. The second-order valence-corrected chi connectivity index (χ2v) is 8.15. The Labute approximate surface area is 186 Å². The molecule has 1 aromatic rings. The molecule has 0 saturated carbocycles. The number of nitrogens with one attached hydrogen (secondary N) is 2. The van der Waals surface area contributed by atoms with Crippen LogP contribution in [-0.2, 0) is 11.3 Å². The summed E-state index contributed by atoms with van der Waals surface area (Å²) >= 11 is 0. The molecule has 1 unspecified atom stereocenters. The maximum absolute atomic E-state index is 5.41. The largest absolute Gasteiger partial charge is 0.497 e. The van der Waals surface area contributed by atoms with Crippen LogP contribution in [-0.4, -0.2) is 95.0 Å². The first-order chi connectivity index (χ1) is 15.2. The van der Waals surface area contributed by atoms with Crippen molar-refractivity contribution in [3.8, 4) is 11.5 Å². The Bertz CT molecular complexity index is 672. The predicted octanol–water partition coefficient (Wildman–Crippen LogP) is 1.56. The molecule has 0 aromatic heterocycles. The minimum Gasteiger partial charge on any atom is -0.497 e. The average Bonchev–Trinajstić information content (AvgIpc) is 3.23. The zero-order valence-corrected chi connectivity index (χ0v) is 19.4. The third-order valence-corrected chi connectivity index (χ3v) is 5.78. The lowest BCUT2D eigenvalue weighted by Gasteiger charge is -2.26. The summed E-state index contributed by atoms with van der Waals surface area (Å²) in [7, 11) is 3.38. The van der Waals surface area contributed by atoms with Crippen molar-refractivity contribution in [1.29, 1.82) is 0 Å². The molecular formula is C23H39N5O3. The van der Waals surface area contributed by atoms with Crippen LogP contribution in [0.2, 0.25) is 0 Å². The van der Waals surface area contributed by atoms with Crippen molar-refractivity contribution < 1.29 is 14.2 Å². The fraction of sp³-hybridized carbons (Fsp3) is 0.696. The molecule has 3 rings (SSSR count). The van der Waals surface area contributed by atoms with Crippen LogP contribution in [0.4, 0.5) is 0 Å². The standard InChI is InChI=1S/C23H39N5O3/c1-4-24-23(25-7-5-8-27-10-12-31-13-11-27)26-20-6-9-28(18-20)17-19-14-21(29-2)16-22(15-19)30-3/h14-16,20H,4-13,17-18H2,1-3H3,(H2,24,25,26). The molecule has 2 fully saturated rings. The molecule has 2 heterocycles. The van der Waals surface area contributed by atoms with E-state index >= 15 is 0 Å². The average molecular weight is 434 g/mol. The number of rotatable bonds is 10. The lowest BCUT2D eigenvalue weighted by molar-refractivity contribution is 0.0377. The van der Waals surface area contributed by atoms with Crippen molar-refractivity contribution in [2.24, 2.45) is 4.99 Å². The van der Waals surface area contributed by atoms with E-state index in [9.17, 15) is 0 Å². The number of ether oxygens (including phenoxy) is 3. The number of benzene rings is 1. The summed E-state index contributed by atoms with van der Waals surface area (Å²) in [5, 5.41) is 7.03. The molecule has 31 heavy (non-hydrogen) atoms. The van der Waals surface area contributed by atoms with E-state index in [1.807, 2.05) is 6.07 Å². The number of morpholine rings is 1. The lowest BCUT2D eigenvalue weighted by Crippen LogP contribution is -2.44. The van der Waals surface area contributed by atoms with Gasteiger partial charge in [0.1, 0.15) is 11.5 Å². The van der Waals surface area contributed by atoms with Crippen LogP contribution < -0.4 is 20.1 Å². The molecule has 2 aliphatic rings. The normalized spacial score (nSPS) is 20.6. The van der Waals surface area contributed by atoms with Crippen LogP contribution in [0.3, 0.4) is 0 Å². The van der Waals surface area contributed by atoms with Gasteiger partial charge < -0.3 is 24.8 Å². The van der Waals surface area contributed by atoms with E-state index in [4.69, 9.17) is 19.2 Å². The second kappa shape index (κ2) is 12.7. The summed E-state index contributed by atoms with van der Waals surface area (Å²) in [5.41, 5.74) is 1.21. The third kappa shape index (κ3) is 7.87. The zero-order valence-electron chi connectivity index (χ0n) is 19.4. The van der Waals surface area contributed by atoms with Crippen LogP contribution in [0.15, 0.2) is 23.2 Å². The molecule has 0 amide bonds. The highest BCUT2D eigenvalue weighted by atomic mass is 16.5. The minimum absolute atomic E-state index is 0.407. The van der Waals surface area contributed by atoms with Crippen molar-refractivity contribution in [3.05, 3.63) is 23.8 Å². The Balaban J connectivity index is 1.45. The molecular weight excluding hydrogens is 394 g/mol. The Morgan fingerprint density at radius 1 is 1.10 bits per heavy atom. The number of nitrogens with zero attached hydrogens (tertiary/aromatic N) is 3. The Morgan fingerprint density at radius 2 is 1.84 bits per heavy atom. The SMILES string of the molecule is CCNC(=NCCCN1CCOCC1)NC1CCN(Cc2cc(OC)cc(OC)c2)C1. The van der Waals surface area contributed by atoms with Gasteiger partial charge in [-0.05, 0) is 37.5 Å². The highest BCUT2D eigenvalue weighted by Crippen LogP contribution is 2.24. The number of likely N-dealkylation sites (tertiary alicyclic amines) is 1. The van der Waals surface area contributed by atoms with Crippen molar-refractivity contribution >= 4 is 5.96 Å². The van der Waals surface area contributed by atoms with Gasteiger partial charge in [0.25, 0.3) is 0 Å².